The summed E-state index contributed by atoms with van der Waals surface area (Å²) in [4.78, 5) is 20.1. The number of halogens is 1. The molecule has 0 N–H and O–H groups in total. The van der Waals surface area contributed by atoms with Gasteiger partial charge in [0.15, 0.2) is 0 Å². The van der Waals surface area contributed by atoms with Crippen LogP contribution in [0.5, 0.6) is 0 Å². The molecule has 5 rings (SSSR count). The molecule has 1 saturated heterocycles. The Morgan fingerprint density at radius 1 is 0.903 bits per heavy atom. The Morgan fingerprint density at radius 2 is 1.65 bits per heavy atom. The fourth-order valence-corrected chi connectivity index (χ4v) is 5.37. The Bertz CT molecular complexity index is 1100. The van der Waals surface area contributed by atoms with Crippen molar-refractivity contribution in [3.8, 4) is 0 Å². The summed E-state index contributed by atoms with van der Waals surface area (Å²) in [5.74, 6) is 0.184. The molecule has 0 unspecified atom stereocenters. The van der Waals surface area contributed by atoms with E-state index in [2.05, 4.69) is 38.6 Å². The van der Waals surface area contributed by atoms with Crippen molar-refractivity contribution in [2.24, 2.45) is 7.05 Å². The summed E-state index contributed by atoms with van der Waals surface area (Å²) < 4.78 is 2.08. The van der Waals surface area contributed by atoms with Crippen molar-refractivity contribution < 1.29 is 4.79 Å². The molecule has 2 aromatic carbocycles. The first-order chi connectivity index (χ1) is 15.1. The Kier molecular flexibility index (Phi) is 5.63. The number of rotatable bonds is 5. The molecule has 6 heteroatoms. The molecule has 3 aromatic rings. The second kappa shape index (κ2) is 8.56. The number of carbonyl (C=O) groups is 1. The number of hydrogen-bond acceptors (Lipinski definition) is 3. The molecule has 1 fully saturated rings. The maximum atomic E-state index is 13.2. The summed E-state index contributed by atoms with van der Waals surface area (Å²) in [7, 11) is 2.01. The highest BCUT2D eigenvalue weighted by Crippen LogP contribution is 2.30. The molecule has 0 radical (unpaired) electrons. The Balaban J connectivity index is 1.15. The smallest absolute Gasteiger partial charge is 0.270 e. The number of amides is 1. The number of anilines is 1. The first kappa shape index (κ1) is 20.4. The van der Waals surface area contributed by atoms with Crippen molar-refractivity contribution in [2.75, 3.05) is 50.7 Å². The van der Waals surface area contributed by atoms with Crippen molar-refractivity contribution in [1.29, 1.82) is 0 Å². The summed E-state index contributed by atoms with van der Waals surface area (Å²) in [6.07, 6.45) is 1.95. The number of piperazine rings is 1. The van der Waals surface area contributed by atoms with Gasteiger partial charge < -0.3 is 14.4 Å². The quantitative estimate of drug-likeness (QED) is 0.605. The topological polar surface area (TPSA) is 31.7 Å². The fourth-order valence-electron chi connectivity index (χ4n) is 5.11. The molecular weight excluding hydrogens is 408 g/mol. The monoisotopic (exact) mass is 436 g/mol. The molecule has 3 heterocycles. The molecular formula is C25H29ClN4O. The number of benzene rings is 2. The van der Waals surface area contributed by atoms with Crippen LogP contribution in [0.2, 0.25) is 5.02 Å². The third-order valence-corrected chi connectivity index (χ3v) is 7.12. The highest BCUT2D eigenvalue weighted by Gasteiger charge is 2.29. The van der Waals surface area contributed by atoms with Crippen LogP contribution in [0.1, 0.15) is 22.5 Å². The van der Waals surface area contributed by atoms with Gasteiger partial charge in [0.1, 0.15) is 5.69 Å². The summed E-state index contributed by atoms with van der Waals surface area (Å²) in [5, 5.41) is 2.05. The van der Waals surface area contributed by atoms with E-state index in [1.807, 2.05) is 36.2 Å². The normalized spacial score (nSPS) is 17.4. The molecule has 162 valence electrons. The van der Waals surface area contributed by atoms with Crippen molar-refractivity contribution in [2.45, 2.75) is 12.8 Å². The van der Waals surface area contributed by atoms with Gasteiger partial charge in [0.05, 0.1) is 10.7 Å². The lowest BCUT2D eigenvalue weighted by molar-refractivity contribution is 0.0721. The first-order valence-electron chi connectivity index (χ1n) is 11.2. The molecule has 1 aromatic heterocycles. The average molecular weight is 437 g/mol. The molecule has 2 aliphatic heterocycles. The number of carbonyl (C=O) groups excluding carboxylic acids is 1. The third kappa shape index (κ3) is 3.81. The average Bonchev–Trinajstić information content (AvgIpc) is 3.09. The highest BCUT2D eigenvalue weighted by molar-refractivity contribution is 6.33. The number of aryl methyl sites for hydroxylation is 1. The van der Waals surface area contributed by atoms with Gasteiger partial charge >= 0.3 is 0 Å². The molecule has 1 amide bonds. The van der Waals surface area contributed by atoms with Crippen LogP contribution in [0.4, 0.5) is 5.69 Å². The van der Waals surface area contributed by atoms with E-state index in [0.29, 0.717) is 0 Å². The standard InChI is InChI=1S/C25H29ClN4O/c1-27-22-9-4-2-7-19(22)20-11-14-30(25(31)24(20)27)13-6-12-28-15-17-29(18-16-28)23-10-5-3-8-21(23)26/h2-5,7-10H,6,11-18H2,1H3. The molecule has 0 aliphatic carbocycles. The van der Waals surface area contributed by atoms with E-state index in [0.717, 1.165) is 80.6 Å². The summed E-state index contributed by atoms with van der Waals surface area (Å²) in [6.45, 7) is 6.73. The predicted octanol–water partition coefficient (Wildman–Crippen LogP) is 4.04. The molecule has 0 spiro atoms. The van der Waals surface area contributed by atoms with Gasteiger partial charge in [0.2, 0.25) is 0 Å². The van der Waals surface area contributed by atoms with Crippen molar-refractivity contribution >= 4 is 34.1 Å². The minimum Gasteiger partial charge on any atom is -0.368 e. The maximum absolute atomic E-state index is 13.2. The van der Waals surface area contributed by atoms with Crippen LogP contribution in [0.15, 0.2) is 48.5 Å². The summed E-state index contributed by atoms with van der Waals surface area (Å²) in [5.41, 5.74) is 4.38. The van der Waals surface area contributed by atoms with E-state index < -0.39 is 0 Å². The van der Waals surface area contributed by atoms with Crippen molar-refractivity contribution in [1.82, 2.24) is 14.4 Å². The summed E-state index contributed by atoms with van der Waals surface area (Å²) >= 11 is 6.36. The second-order valence-corrected chi connectivity index (χ2v) is 8.99. The van der Waals surface area contributed by atoms with E-state index in [1.54, 1.807) is 0 Å². The SMILES string of the molecule is Cn1c2c(c3ccccc31)CCN(CCCN1CCN(c3ccccc3Cl)CC1)C2=O. The first-order valence-corrected chi connectivity index (χ1v) is 11.6. The molecule has 0 saturated carbocycles. The zero-order valence-corrected chi connectivity index (χ0v) is 18.8. The van der Waals surface area contributed by atoms with Gasteiger partial charge in [-0.3, -0.25) is 9.69 Å². The number of nitrogens with zero attached hydrogens (tertiary/aromatic N) is 4. The van der Waals surface area contributed by atoms with E-state index in [4.69, 9.17) is 11.6 Å². The van der Waals surface area contributed by atoms with E-state index >= 15 is 0 Å². The zero-order valence-electron chi connectivity index (χ0n) is 18.1. The van der Waals surface area contributed by atoms with Crippen LogP contribution in [0.3, 0.4) is 0 Å². The lowest BCUT2D eigenvalue weighted by atomic mass is 10.0. The Hall–Kier alpha value is -2.50. The fraction of sp³-hybridized carbons (Fsp3) is 0.400. The lowest BCUT2D eigenvalue weighted by Gasteiger charge is -2.37. The summed E-state index contributed by atoms with van der Waals surface area (Å²) in [6, 6.07) is 16.4. The maximum Gasteiger partial charge on any atom is 0.270 e. The minimum atomic E-state index is 0.184. The number of hydrogen-bond donors (Lipinski definition) is 0. The number of fused-ring (bicyclic) bond motifs is 3. The van der Waals surface area contributed by atoms with E-state index in [1.165, 1.54) is 10.9 Å². The van der Waals surface area contributed by atoms with Crippen molar-refractivity contribution in [3.63, 3.8) is 0 Å². The Morgan fingerprint density at radius 3 is 2.45 bits per heavy atom. The van der Waals surface area contributed by atoms with Crippen LogP contribution in [-0.4, -0.2) is 66.1 Å². The van der Waals surface area contributed by atoms with Gasteiger partial charge in [0, 0.05) is 57.2 Å². The zero-order chi connectivity index (χ0) is 21.4. The molecule has 0 bridgehead atoms. The molecule has 5 nitrogen and oxygen atoms in total. The Labute approximate surface area is 188 Å². The van der Waals surface area contributed by atoms with Crippen LogP contribution in [0.25, 0.3) is 10.9 Å². The predicted molar refractivity (Wildman–Crippen MR) is 127 cm³/mol. The van der Waals surface area contributed by atoms with E-state index in [9.17, 15) is 4.79 Å². The van der Waals surface area contributed by atoms with E-state index in [-0.39, 0.29) is 5.91 Å². The van der Waals surface area contributed by atoms with Gasteiger partial charge in [-0.05, 0) is 43.1 Å². The highest BCUT2D eigenvalue weighted by atomic mass is 35.5. The van der Waals surface area contributed by atoms with Gasteiger partial charge in [0.25, 0.3) is 5.91 Å². The van der Waals surface area contributed by atoms with Gasteiger partial charge in [-0.15, -0.1) is 0 Å². The van der Waals surface area contributed by atoms with Crippen LogP contribution >= 0.6 is 11.6 Å². The van der Waals surface area contributed by atoms with Crippen LogP contribution < -0.4 is 4.90 Å². The largest absolute Gasteiger partial charge is 0.368 e. The van der Waals surface area contributed by atoms with Crippen LogP contribution in [0, 0.1) is 0 Å². The van der Waals surface area contributed by atoms with Gasteiger partial charge in [-0.2, -0.15) is 0 Å². The molecule has 2 aliphatic rings. The van der Waals surface area contributed by atoms with Crippen LogP contribution in [-0.2, 0) is 13.5 Å². The molecule has 31 heavy (non-hydrogen) atoms. The minimum absolute atomic E-state index is 0.184. The number of para-hydroxylation sites is 2. The van der Waals surface area contributed by atoms with Gasteiger partial charge in [-0.25, -0.2) is 0 Å². The molecule has 0 atom stereocenters. The lowest BCUT2D eigenvalue weighted by Crippen LogP contribution is -2.47. The third-order valence-electron chi connectivity index (χ3n) is 6.80. The second-order valence-electron chi connectivity index (χ2n) is 8.58. The number of aromatic nitrogens is 1. The van der Waals surface area contributed by atoms with Crippen molar-refractivity contribution in [3.05, 3.63) is 64.8 Å². The van der Waals surface area contributed by atoms with Gasteiger partial charge in [-0.1, -0.05) is 41.9 Å².